The molecule has 1 amide bonds. The van der Waals surface area contributed by atoms with E-state index in [-0.39, 0.29) is 5.91 Å². The van der Waals surface area contributed by atoms with Crippen LogP contribution in [-0.4, -0.2) is 44.1 Å². The van der Waals surface area contributed by atoms with E-state index in [2.05, 4.69) is 17.0 Å². The first-order valence-electron chi connectivity index (χ1n) is 10.5. The fourth-order valence-corrected chi connectivity index (χ4v) is 4.72. The molecule has 0 N–H and O–H groups in total. The van der Waals surface area contributed by atoms with Gasteiger partial charge in [0, 0.05) is 47.1 Å². The van der Waals surface area contributed by atoms with Crippen LogP contribution in [0.15, 0.2) is 88.7 Å². The molecule has 0 bridgehead atoms. The number of anilines is 1. The summed E-state index contributed by atoms with van der Waals surface area (Å²) in [5.41, 5.74) is 2.10. The van der Waals surface area contributed by atoms with Gasteiger partial charge in [-0.2, -0.15) is 0 Å². The molecule has 0 radical (unpaired) electrons. The maximum Gasteiger partial charge on any atom is 0.246 e. The molecular formula is C26H25ClN2O2S. The number of para-hydroxylation sites is 2. The van der Waals surface area contributed by atoms with E-state index in [0.29, 0.717) is 13.1 Å². The lowest BCUT2D eigenvalue weighted by atomic mass is 10.2. The fraction of sp³-hybridized carbons (Fsp3) is 0.192. The second-order valence-corrected chi connectivity index (χ2v) is 8.96. The lowest BCUT2D eigenvalue weighted by molar-refractivity contribution is -0.126. The van der Waals surface area contributed by atoms with Gasteiger partial charge in [-0.15, -0.1) is 0 Å². The summed E-state index contributed by atoms with van der Waals surface area (Å²) in [5, 5.41) is 0.721. The van der Waals surface area contributed by atoms with Gasteiger partial charge in [0.15, 0.2) is 0 Å². The number of carbonyl (C=O) groups is 1. The summed E-state index contributed by atoms with van der Waals surface area (Å²) in [5.74, 6) is 0.901. The van der Waals surface area contributed by atoms with Crippen LogP contribution < -0.4 is 9.64 Å². The SMILES string of the molecule is COc1ccccc1N1CCN(C(=O)C=Cc2ccccc2Sc2ccc(Cl)cc2)CC1. The highest BCUT2D eigenvalue weighted by molar-refractivity contribution is 7.99. The molecule has 3 aromatic rings. The van der Waals surface area contributed by atoms with Crippen LogP contribution in [0.2, 0.25) is 5.02 Å². The second-order valence-electron chi connectivity index (χ2n) is 7.41. The van der Waals surface area contributed by atoms with Gasteiger partial charge in [0.1, 0.15) is 5.75 Å². The Morgan fingerprint density at radius 2 is 1.62 bits per heavy atom. The van der Waals surface area contributed by atoms with Crippen molar-refractivity contribution in [1.29, 1.82) is 0 Å². The van der Waals surface area contributed by atoms with E-state index >= 15 is 0 Å². The van der Waals surface area contributed by atoms with E-state index in [1.165, 1.54) is 0 Å². The summed E-state index contributed by atoms with van der Waals surface area (Å²) in [6, 6.07) is 23.9. The van der Waals surface area contributed by atoms with Crippen LogP contribution in [-0.2, 0) is 4.79 Å². The Morgan fingerprint density at radius 3 is 2.38 bits per heavy atom. The standard InChI is InChI=1S/C26H25ClN2O2S/c1-31-24-8-4-3-7-23(24)28-16-18-29(19-17-28)26(30)15-10-20-6-2-5-9-25(20)32-22-13-11-21(27)12-14-22/h2-15H,16-19H2,1H3. The van der Waals surface area contributed by atoms with Crippen molar-refractivity contribution in [2.24, 2.45) is 0 Å². The molecule has 6 heteroatoms. The summed E-state index contributed by atoms with van der Waals surface area (Å²) in [6.45, 7) is 2.93. The van der Waals surface area contributed by atoms with E-state index in [4.69, 9.17) is 16.3 Å². The van der Waals surface area contributed by atoms with E-state index in [0.717, 1.165) is 44.9 Å². The molecule has 0 spiro atoms. The fourth-order valence-electron chi connectivity index (χ4n) is 3.67. The summed E-state index contributed by atoms with van der Waals surface area (Å²) in [4.78, 5) is 19.2. The van der Waals surface area contributed by atoms with Crippen molar-refractivity contribution in [2.75, 3.05) is 38.2 Å². The third-order valence-corrected chi connectivity index (χ3v) is 6.73. The van der Waals surface area contributed by atoms with Gasteiger partial charge in [-0.25, -0.2) is 0 Å². The van der Waals surface area contributed by atoms with Crippen LogP contribution in [0.25, 0.3) is 6.08 Å². The summed E-state index contributed by atoms with van der Waals surface area (Å²) >= 11 is 7.65. The Balaban J connectivity index is 1.39. The minimum Gasteiger partial charge on any atom is -0.495 e. The van der Waals surface area contributed by atoms with Gasteiger partial charge < -0.3 is 14.5 Å². The number of hydrogen-bond donors (Lipinski definition) is 0. The normalized spacial score (nSPS) is 14.1. The van der Waals surface area contributed by atoms with Gasteiger partial charge in [-0.05, 0) is 54.1 Å². The second kappa shape index (κ2) is 10.6. The number of benzene rings is 3. The van der Waals surface area contributed by atoms with Crippen molar-refractivity contribution in [3.8, 4) is 5.75 Å². The maximum atomic E-state index is 12.8. The van der Waals surface area contributed by atoms with Crippen LogP contribution >= 0.6 is 23.4 Å². The Kier molecular flexibility index (Phi) is 7.40. The number of ether oxygens (including phenoxy) is 1. The molecule has 1 aliphatic rings. The molecular weight excluding hydrogens is 440 g/mol. The summed E-state index contributed by atoms with van der Waals surface area (Å²) < 4.78 is 5.48. The highest BCUT2D eigenvalue weighted by Crippen LogP contribution is 2.32. The largest absolute Gasteiger partial charge is 0.495 e. The van der Waals surface area contributed by atoms with Gasteiger partial charge in [0.2, 0.25) is 5.91 Å². The van der Waals surface area contributed by atoms with Gasteiger partial charge in [0.05, 0.1) is 12.8 Å². The molecule has 1 aliphatic heterocycles. The first-order chi connectivity index (χ1) is 15.6. The van der Waals surface area contributed by atoms with Crippen molar-refractivity contribution in [2.45, 2.75) is 9.79 Å². The van der Waals surface area contributed by atoms with E-state index in [9.17, 15) is 4.79 Å². The highest BCUT2D eigenvalue weighted by Gasteiger charge is 2.21. The smallest absolute Gasteiger partial charge is 0.246 e. The predicted molar refractivity (Wildman–Crippen MR) is 133 cm³/mol. The minimum atomic E-state index is 0.0379. The monoisotopic (exact) mass is 464 g/mol. The van der Waals surface area contributed by atoms with Crippen molar-refractivity contribution in [1.82, 2.24) is 4.90 Å². The van der Waals surface area contributed by atoms with Crippen LogP contribution in [0, 0.1) is 0 Å². The van der Waals surface area contributed by atoms with Gasteiger partial charge >= 0.3 is 0 Å². The number of rotatable bonds is 6. The maximum absolute atomic E-state index is 12.8. The minimum absolute atomic E-state index is 0.0379. The van der Waals surface area contributed by atoms with E-state index in [1.54, 1.807) is 24.9 Å². The zero-order chi connectivity index (χ0) is 22.3. The Morgan fingerprint density at radius 1 is 0.938 bits per heavy atom. The molecule has 4 rings (SSSR count). The lowest BCUT2D eigenvalue weighted by Crippen LogP contribution is -2.48. The quantitative estimate of drug-likeness (QED) is 0.427. The third kappa shape index (κ3) is 5.47. The molecule has 164 valence electrons. The first-order valence-corrected chi connectivity index (χ1v) is 11.7. The predicted octanol–water partition coefficient (Wildman–Crippen LogP) is 5.86. The summed E-state index contributed by atoms with van der Waals surface area (Å²) in [7, 11) is 1.69. The highest BCUT2D eigenvalue weighted by atomic mass is 35.5. The van der Waals surface area contributed by atoms with Crippen LogP contribution in [0.5, 0.6) is 5.75 Å². The zero-order valence-corrected chi connectivity index (χ0v) is 19.5. The molecule has 0 saturated carbocycles. The molecule has 3 aromatic carbocycles. The van der Waals surface area contributed by atoms with Gasteiger partial charge in [0.25, 0.3) is 0 Å². The van der Waals surface area contributed by atoms with E-state index < -0.39 is 0 Å². The number of hydrogen-bond acceptors (Lipinski definition) is 4. The molecule has 1 fully saturated rings. The van der Waals surface area contributed by atoms with Crippen LogP contribution in [0.4, 0.5) is 5.69 Å². The zero-order valence-electron chi connectivity index (χ0n) is 17.9. The van der Waals surface area contributed by atoms with Crippen molar-refractivity contribution < 1.29 is 9.53 Å². The first kappa shape index (κ1) is 22.3. The molecule has 32 heavy (non-hydrogen) atoms. The van der Waals surface area contributed by atoms with Gasteiger partial charge in [-0.1, -0.05) is 53.7 Å². The molecule has 0 aromatic heterocycles. The van der Waals surface area contributed by atoms with Crippen LogP contribution in [0.1, 0.15) is 5.56 Å². The number of carbonyl (C=O) groups excluding carboxylic acids is 1. The number of methoxy groups -OCH3 is 1. The Bertz CT molecular complexity index is 1090. The van der Waals surface area contributed by atoms with Crippen LogP contribution in [0.3, 0.4) is 0 Å². The van der Waals surface area contributed by atoms with Crippen molar-refractivity contribution in [3.05, 3.63) is 89.5 Å². The molecule has 4 nitrogen and oxygen atoms in total. The average molecular weight is 465 g/mol. The Labute approximate surface area is 198 Å². The summed E-state index contributed by atoms with van der Waals surface area (Å²) in [6.07, 6.45) is 3.59. The van der Waals surface area contributed by atoms with Crippen molar-refractivity contribution in [3.63, 3.8) is 0 Å². The Hall–Kier alpha value is -2.89. The van der Waals surface area contributed by atoms with E-state index in [1.807, 2.05) is 71.6 Å². The molecule has 0 atom stereocenters. The average Bonchev–Trinajstić information content (AvgIpc) is 2.85. The third-order valence-electron chi connectivity index (χ3n) is 5.38. The molecule has 1 heterocycles. The molecule has 0 unspecified atom stereocenters. The molecule has 0 aliphatic carbocycles. The number of nitrogens with zero attached hydrogens (tertiary/aromatic N) is 2. The number of piperazine rings is 1. The number of amides is 1. The number of halogens is 1. The lowest BCUT2D eigenvalue weighted by Gasteiger charge is -2.36. The van der Waals surface area contributed by atoms with Crippen molar-refractivity contribution >= 4 is 41.0 Å². The van der Waals surface area contributed by atoms with Gasteiger partial charge in [-0.3, -0.25) is 4.79 Å². The molecule has 1 saturated heterocycles. The topological polar surface area (TPSA) is 32.8 Å².